The van der Waals surface area contributed by atoms with Crippen LogP contribution in [0.1, 0.15) is 64.5 Å². The summed E-state index contributed by atoms with van der Waals surface area (Å²) in [5, 5.41) is 0. The molecule has 0 aliphatic rings. The van der Waals surface area contributed by atoms with Crippen LogP contribution in [0.2, 0.25) is 0 Å². The molecule has 210 valence electrons. The molecule has 0 aromatic heterocycles. The summed E-state index contributed by atoms with van der Waals surface area (Å²) in [7, 11) is 4.08. The van der Waals surface area contributed by atoms with Crippen molar-refractivity contribution in [2.75, 3.05) is 21.3 Å². The summed E-state index contributed by atoms with van der Waals surface area (Å²) in [6, 6.07) is 27.7. The van der Waals surface area contributed by atoms with Crippen LogP contribution < -0.4 is 0 Å². The Kier molecular flexibility index (Phi) is 9.99. The molecule has 0 atom stereocenters. The number of ether oxygens (including phenoxy) is 3. The van der Waals surface area contributed by atoms with Gasteiger partial charge < -0.3 is 14.2 Å². The Morgan fingerprint density at radius 1 is 0.405 bits per heavy atom. The van der Waals surface area contributed by atoms with Gasteiger partial charge in [0, 0.05) is 0 Å². The third-order valence-electron chi connectivity index (χ3n) is 6.49. The number of benzene rings is 4. The molecule has 4 aromatic carbocycles. The third kappa shape index (κ3) is 7.79. The van der Waals surface area contributed by atoms with Crippen molar-refractivity contribution in [1.82, 2.24) is 0 Å². The second-order valence-electron chi connectivity index (χ2n) is 9.23. The minimum atomic E-state index is -0.378. The van der Waals surface area contributed by atoms with E-state index in [4.69, 9.17) is 14.2 Å². The molecule has 42 heavy (non-hydrogen) atoms. The van der Waals surface area contributed by atoms with Crippen LogP contribution in [-0.2, 0) is 14.2 Å². The Morgan fingerprint density at radius 3 is 1.10 bits per heavy atom. The van der Waals surface area contributed by atoms with Gasteiger partial charge in [-0.2, -0.15) is 0 Å². The maximum atomic E-state index is 11.8. The number of carbonyl (C=O) groups excluding carboxylic acids is 3. The molecule has 0 bridgehead atoms. The van der Waals surface area contributed by atoms with E-state index in [0.717, 1.165) is 33.4 Å². The Labute approximate surface area is 245 Å². The second-order valence-corrected chi connectivity index (χ2v) is 9.23. The van der Waals surface area contributed by atoms with E-state index in [2.05, 4.69) is 6.07 Å². The fourth-order valence-corrected chi connectivity index (χ4v) is 4.10. The van der Waals surface area contributed by atoms with Crippen LogP contribution in [0.3, 0.4) is 0 Å². The Balaban J connectivity index is 1.61. The number of esters is 3. The first-order valence-electron chi connectivity index (χ1n) is 13.1. The lowest BCUT2D eigenvalue weighted by Crippen LogP contribution is -2.00. The van der Waals surface area contributed by atoms with Crippen molar-refractivity contribution in [1.29, 1.82) is 0 Å². The summed E-state index contributed by atoms with van der Waals surface area (Å²) in [6.45, 7) is 0. The van der Waals surface area contributed by atoms with E-state index in [1.165, 1.54) is 21.3 Å². The summed E-state index contributed by atoms with van der Waals surface area (Å²) in [6.07, 6.45) is 12.0. The van der Waals surface area contributed by atoms with E-state index in [0.29, 0.717) is 16.7 Å². The zero-order valence-electron chi connectivity index (χ0n) is 23.6. The smallest absolute Gasteiger partial charge is 0.337 e. The molecular formula is C36H30O6. The van der Waals surface area contributed by atoms with Gasteiger partial charge in [0.2, 0.25) is 0 Å². The van der Waals surface area contributed by atoms with Crippen LogP contribution in [0.25, 0.3) is 36.5 Å². The third-order valence-corrected chi connectivity index (χ3v) is 6.49. The number of hydrogen-bond donors (Lipinski definition) is 0. The highest BCUT2D eigenvalue weighted by atomic mass is 16.5. The van der Waals surface area contributed by atoms with Gasteiger partial charge in [0.25, 0.3) is 0 Å². The van der Waals surface area contributed by atoms with Crippen molar-refractivity contribution >= 4 is 54.4 Å². The van der Waals surface area contributed by atoms with E-state index in [1.54, 1.807) is 36.4 Å². The standard InChI is InChI=1S/C36H30O6/c1-40-34(37)30-17-7-25(8-18-30)4-5-28-14-16-29(15-6-26-9-19-31(20-10-26)35(38)41-2)33(24-28)23-13-27-11-21-32(22-12-27)36(39)42-3/h4-24H,1-3H3/b5-4+,15-6+,23-13+. The van der Waals surface area contributed by atoms with Crippen molar-refractivity contribution in [2.45, 2.75) is 0 Å². The van der Waals surface area contributed by atoms with Crippen LogP contribution in [0, 0.1) is 0 Å². The molecule has 0 radical (unpaired) electrons. The van der Waals surface area contributed by atoms with Crippen LogP contribution >= 0.6 is 0 Å². The van der Waals surface area contributed by atoms with Crippen molar-refractivity contribution in [3.8, 4) is 0 Å². The van der Waals surface area contributed by atoms with Gasteiger partial charge in [0.1, 0.15) is 0 Å². The van der Waals surface area contributed by atoms with E-state index in [9.17, 15) is 14.4 Å². The van der Waals surface area contributed by atoms with Crippen LogP contribution in [-0.4, -0.2) is 39.2 Å². The molecule has 0 aliphatic carbocycles. The molecule has 0 saturated heterocycles. The van der Waals surface area contributed by atoms with Crippen LogP contribution in [0.15, 0.2) is 91.0 Å². The van der Waals surface area contributed by atoms with Crippen LogP contribution in [0.5, 0.6) is 0 Å². The number of methoxy groups -OCH3 is 3. The van der Waals surface area contributed by atoms with E-state index in [-0.39, 0.29) is 17.9 Å². The average Bonchev–Trinajstić information content (AvgIpc) is 3.05. The van der Waals surface area contributed by atoms with Crippen LogP contribution in [0.4, 0.5) is 0 Å². The predicted molar refractivity (Wildman–Crippen MR) is 167 cm³/mol. The monoisotopic (exact) mass is 558 g/mol. The summed E-state index contributed by atoms with van der Waals surface area (Å²) in [5.74, 6) is -1.12. The lowest BCUT2D eigenvalue weighted by Gasteiger charge is -2.05. The number of carbonyl (C=O) groups is 3. The molecule has 0 aliphatic heterocycles. The molecule has 0 unspecified atom stereocenters. The zero-order valence-corrected chi connectivity index (χ0v) is 23.6. The quantitative estimate of drug-likeness (QED) is 0.120. The zero-order chi connectivity index (χ0) is 29.9. The van der Waals surface area contributed by atoms with E-state index in [1.807, 2.05) is 85.0 Å². The Bertz CT molecular complexity index is 1640. The van der Waals surface area contributed by atoms with Crippen molar-refractivity contribution < 1.29 is 28.6 Å². The van der Waals surface area contributed by atoms with Gasteiger partial charge in [0.15, 0.2) is 0 Å². The molecular weight excluding hydrogens is 528 g/mol. The summed E-state index contributed by atoms with van der Waals surface area (Å²) in [4.78, 5) is 35.2. The number of rotatable bonds is 9. The largest absolute Gasteiger partial charge is 0.465 e. The fourth-order valence-electron chi connectivity index (χ4n) is 4.10. The first-order chi connectivity index (χ1) is 20.4. The lowest BCUT2D eigenvalue weighted by molar-refractivity contribution is 0.0592. The molecule has 4 aromatic rings. The highest BCUT2D eigenvalue weighted by Crippen LogP contribution is 2.21. The van der Waals surface area contributed by atoms with Gasteiger partial charge in [-0.1, -0.05) is 85.0 Å². The molecule has 0 spiro atoms. The average molecular weight is 559 g/mol. The fraction of sp³-hybridized carbons (Fsp3) is 0.0833. The molecule has 0 N–H and O–H groups in total. The second kappa shape index (κ2) is 14.2. The first kappa shape index (κ1) is 29.5. The molecule has 6 nitrogen and oxygen atoms in total. The van der Waals surface area contributed by atoms with Crippen molar-refractivity contribution in [3.05, 3.63) is 141 Å². The Morgan fingerprint density at radius 2 is 0.714 bits per heavy atom. The summed E-state index contributed by atoms with van der Waals surface area (Å²) < 4.78 is 14.3. The maximum Gasteiger partial charge on any atom is 0.337 e. The highest BCUT2D eigenvalue weighted by Gasteiger charge is 2.06. The van der Waals surface area contributed by atoms with Crippen molar-refractivity contribution in [3.63, 3.8) is 0 Å². The molecule has 0 heterocycles. The van der Waals surface area contributed by atoms with Gasteiger partial charge in [-0.25, -0.2) is 14.4 Å². The summed E-state index contributed by atoms with van der Waals surface area (Å²) in [5.41, 5.74) is 7.27. The minimum Gasteiger partial charge on any atom is -0.465 e. The topological polar surface area (TPSA) is 78.9 Å². The maximum absolute atomic E-state index is 11.8. The minimum absolute atomic E-state index is 0.370. The molecule has 0 fully saturated rings. The van der Waals surface area contributed by atoms with Gasteiger partial charge in [-0.15, -0.1) is 0 Å². The Hall–Kier alpha value is -5.49. The van der Waals surface area contributed by atoms with Gasteiger partial charge in [-0.3, -0.25) is 0 Å². The molecule has 6 heteroatoms. The van der Waals surface area contributed by atoms with E-state index >= 15 is 0 Å². The van der Waals surface area contributed by atoms with Gasteiger partial charge in [0.05, 0.1) is 38.0 Å². The first-order valence-corrected chi connectivity index (χ1v) is 13.1. The van der Waals surface area contributed by atoms with Crippen molar-refractivity contribution in [2.24, 2.45) is 0 Å². The van der Waals surface area contributed by atoms with Gasteiger partial charge in [-0.05, 0) is 75.8 Å². The van der Waals surface area contributed by atoms with E-state index < -0.39 is 0 Å². The lowest BCUT2D eigenvalue weighted by atomic mass is 10.00. The van der Waals surface area contributed by atoms with Gasteiger partial charge >= 0.3 is 17.9 Å². The molecule has 0 amide bonds. The molecule has 4 rings (SSSR count). The SMILES string of the molecule is COC(=O)c1ccc(/C=C/c2ccc(/C=C/c3ccc(C(=O)OC)cc3)c(/C=C/c3ccc(C(=O)OC)cc3)c2)cc1. The predicted octanol–water partition coefficient (Wildman–Crippen LogP) is 7.56. The normalized spacial score (nSPS) is 11.2. The summed E-state index contributed by atoms with van der Waals surface area (Å²) >= 11 is 0. The highest BCUT2D eigenvalue weighted by molar-refractivity contribution is 5.91. The number of hydrogen-bond acceptors (Lipinski definition) is 6. The molecule has 0 saturated carbocycles.